The number of rotatable bonds is 3. The molecule has 1 saturated heterocycles. The molecular formula is C12H15F2NO. The highest BCUT2D eigenvalue weighted by molar-refractivity contribution is 5.18. The second kappa shape index (κ2) is 4.89. The maximum absolute atomic E-state index is 13.4. The van der Waals surface area contributed by atoms with E-state index in [0.717, 1.165) is 25.6 Å². The normalized spacial score (nSPS) is 21.6. The lowest BCUT2D eigenvalue weighted by molar-refractivity contribution is 0.219. The summed E-state index contributed by atoms with van der Waals surface area (Å²) in [5.74, 6) is -1.28. The van der Waals surface area contributed by atoms with E-state index in [0.29, 0.717) is 12.1 Å². The minimum Gasteiger partial charge on any atom is -0.396 e. The van der Waals surface area contributed by atoms with Crippen molar-refractivity contribution in [1.82, 2.24) is 4.90 Å². The monoisotopic (exact) mass is 227 g/mol. The van der Waals surface area contributed by atoms with E-state index < -0.39 is 11.6 Å². The Labute approximate surface area is 93.5 Å². The van der Waals surface area contributed by atoms with E-state index in [1.165, 1.54) is 6.07 Å². The van der Waals surface area contributed by atoms with Crippen LogP contribution in [0, 0.1) is 17.6 Å². The molecule has 0 spiro atoms. The molecule has 1 aromatic rings. The van der Waals surface area contributed by atoms with Crippen LogP contribution in [-0.4, -0.2) is 29.7 Å². The van der Waals surface area contributed by atoms with E-state index >= 15 is 0 Å². The molecule has 1 unspecified atom stereocenters. The molecule has 2 rings (SSSR count). The number of likely N-dealkylation sites (tertiary alicyclic amines) is 1. The van der Waals surface area contributed by atoms with Gasteiger partial charge in [-0.25, -0.2) is 8.78 Å². The van der Waals surface area contributed by atoms with Gasteiger partial charge in [0, 0.05) is 25.3 Å². The lowest BCUT2D eigenvalue weighted by atomic mass is 10.1. The van der Waals surface area contributed by atoms with Gasteiger partial charge in [-0.05, 0) is 24.9 Å². The predicted molar refractivity (Wildman–Crippen MR) is 56.8 cm³/mol. The lowest BCUT2D eigenvalue weighted by Gasteiger charge is -2.16. The summed E-state index contributed by atoms with van der Waals surface area (Å²) >= 11 is 0. The molecular weight excluding hydrogens is 212 g/mol. The zero-order chi connectivity index (χ0) is 11.5. The third kappa shape index (κ3) is 2.39. The van der Waals surface area contributed by atoms with Crippen LogP contribution in [0.4, 0.5) is 8.78 Å². The molecule has 1 aliphatic heterocycles. The second-order valence-corrected chi connectivity index (χ2v) is 4.29. The summed E-state index contributed by atoms with van der Waals surface area (Å²) < 4.78 is 26.3. The van der Waals surface area contributed by atoms with E-state index in [4.69, 9.17) is 5.11 Å². The standard InChI is InChI=1S/C12H15F2NO/c13-11-3-1-2-10(12(11)14)7-15-5-4-9(6-15)8-16/h1-3,9,16H,4-8H2. The Morgan fingerprint density at radius 2 is 2.19 bits per heavy atom. The molecule has 0 aliphatic carbocycles. The molecule has 0 radical (unpaired) electrons. The van der Waals surface area contributed by atoms with Gasteiger partial charge in [0.05, 0.1) is 0 Å². The van der Waals surface area contributed by atoms with Crippen LogP contribution in [-0.2, 0) is 6.54 Å². The van der Waals surface area contributed by atoms with Gasteiger partial charge in [0.2, 0.25) is 0 Å². The predicted octanol–water partition coefficient (Wildman–Crippen LogP) is 1.78. The highest BCUT2D eigenvalue weighted by Crippen LogP contribution is 2.20. The molecule has 1 aromatic carbocycles. The molecule has 2 nitrogen and oxygen atoms in total. The highest BCUT2D eigenvalue weighted by atomic mass is 19.2. The van der Waals surface area contributed by atoms with Crippen molar-refractivity contribution in [2.24, 2.45) is 5.92 Å². The van der Waals surface area contributed by atoms with Crippen LogP contribution in [0.15, 0.2) is 18.2 Å². The molecule has 16 heavy (non-hydrogen) atoms. The largest absolute Gasteiger partial charge is 0.396 e. The lowest BCUT2D eigenvalue weighted by Crippen LogP contribution is -2.21. The fraction of sp³-hybridized carbons (Fsp3) is 0.500. The summed E-state index contributed by atoms with van der Waals surface area (Å²) in [6, 6.07) is 4.25. The van der Waals surface area contributed by atoms with Crippen molar-refractivity contribution in [1.29, 1.82) is 0 Å². The molecule has 0 aromatic heterocycles. The maximum atomic E-state index is 13.4. The first-order valence-corrected chi connectivity index (χ1v) is 5.47. The number of nitrogens with zero attached hydrogens (tertiary/aromatic N) is 1. The summed E-state index contributed by atoms with van der Waals surface area (Å²) in [6.45, 7) is 2.18. The van der Waals surface area contributed by atoms with Crippen molar-refractivity contribution in [2.75, 3.05) is 19.7 Å². The van der Waals surface area contributed by atoms with E-state index in [2.05, 4.69) is 0 Å². The van der Waals surface area contributed by atoms with Gasteiger partial charge in [-0.1, -0.05) is 12.1 Å². The number of aliphatic hydroxyl groups excluding tert-OH is 1. The number of hydrogen-bond acceptors (Lipinski definition) is 2. The van der Waals surface area contributed by atoms with E-state index in [1.54, 1.807) is 6.07 Å². The first kappa shape index (κ1) is 11.5. The van der Waals surface area contributed by atoms with E-state index in [1.807, 2.05) is 4.90 Å². The third-order valence-corrected chi connectivity index (χ3v) is 3.05. The highest BCUT2D eigenvalue weighted by Gasteiger charge is 2.22. The first-order valence-electron chi connectivity index (χ1n) is 5.47. The van der Waals surface area contributed by atoms with Crippen LogP contribution in [0.1, 0.15) is 12.0 Å². The molecule has 0 saturated carbocycles. The van der Waals surface area contributed by atoms with Crippen LogP contribution in [0.2, 0.25) is 0 Å². The van der Waals surface area contributed by atoms with Crippen molar-refractivity contribution >= 4 is 0 Å². The van der Waals surface area contributed by atoms with Gasteiger partial charge in [-0.15, -0.1) is 0 Å². The van der Waals surface area contributed by atoms with E-state index in [-0.39, 0.29) is 12.5 Å². The summed E-state index contributed by atoms with van der Waals surface area (Å²) in [5, 5.41) is 8.99. The Balaban J connectivity index is 2.02. The maximum Gasteiger partial charge on any atom is 0.163 e. The molecule has 1 heterocycles. The molecule has 0 amide bonds. The number of halogens is 2. The fourth-order valence-corrected chi connectivity index (χ4v) is 2.12. The van der Waals surface area contributed by atoms with Crippen LogP contribution < -0.4 is 0 Å². The van der Waals surface area contributed by atoms with Gasteiger partial charge in [-0.3, -0.25) is 4.90 Å². The van der Waals surface area contributed by atoms with Crippen molar-refractivity contribution in [3.05, 3.63) is 35.4 Å². The van der Waals surface area contributed by atoms with Crippen LogP contribution >= 0.6 is 0 Å². The smallest absolute Gasteiger partial charge is 0.163 e. The zero-order valence-corrected chi connectivity index (χ0v) is 9.00. The minimum absolute atomic E-state index is 0.169. The van der Waals surface area contributed by atoms with Crippen LogP contribution in [0.5, 0.6) is 0 Å². The number of aliphatic hydroxyl groups is 1. The quantitative estimate of drug-likeness (QED) is 0.850. The summed E-state index contributed by atoms with van der Waals surface area (Å²) in [6.07, 6.45) is 0.924. The minimum atomic E-state index is -0.796. The molecule has 4 heteroatoms. The van der Waals surface area contributed by atoms with Crippen molar-refractivity contribution in [3.63, 3.8) is 0 Å². The van der Waals surface area contributed by atoms with Crippen LogP contribution in [0.25, 0.3) is 0 Å². The molecule has 1 atom stereocenters. The number of hydrogen-bond donors (Lipinski definition) is 1. The van der Waals surface area contributed by atoms with Gasteiger partial charge >= 0.3 is 0 Å². The van der Waals surface area contributed by atoms with Crippen molar-refractivity contribution in [3.8, 4) is 0 Å². The number of benzene rings is 1. The van der Waals surface area contributed by atoms with Crippen LogP contribution in [0.3, 0.4) is 0 Å². The summed E-state index contributed by atoms with van der Waals surface area (Å²) in [7, 11) is 0. The Kier molecular flexibility index (Phi) is 3.51. The molecule has 0 bridgehead atoms. The average Bonchev–Trinajstić information content (AvgIpc) is 2.73. The summed E-state index contributed by atoms with van der Waals surface area (Å²) in [5.41, 5.74) is 0.388. The van der Waals surface area contributed by atoms with Gasteiger partial charge in [0.25, 0.3) is 0 Å². The van der Waals surface area contributed by atoms with Gasteiger partial charge in [0.15, 0.2) is 11.6 Å². The molecule has 1 aliphatic rings. The van der Waals surface area contributed by atoms with Gasteiger partial charge < -0.3 is 5.11 Å². The Morgan fingerprint density at radius 3 is 2.88 bits per heavy atom. The van der Waals surface area contributed by atoms with Crippen molar-refractivity contribution < 1.29 is 13.9 Å². The van der Waals surface area contributed by atoms with E-state index in [9.17, 15) is 8.78 Å². The van der Waals surface area contributed by atoms with Crippen molar-refractivity contribution in [2.45, 2.75) is 13.0 Å². The molecule has 1 fully saturated rings. The molecule has 1 N–H and O–H groups in total. The third-order valence-electron chi connectivity index (χ3n) is 3.05. The first-order chi connectivity index (χ1) is 7.70. The fourth-order valence-electron chi connectivity index (χ4n) is 2.12. The molecule has 88 valence electrons. The zero-order valence-electron chi connectivity index (χ0n) is 9.00. The second-order valence-electron chi connectivity index (χ2n) is 4.29. The van der Waals surface area contributed by atoms with Gasteiger partial charge in [-0.2, -0.15) is 0 Å². The SMILES string of the molecule is OCC1CCN(Cc2cccc(F)c2F)C1. The Bertz CT molecular complexity index is 370. The Hall–Kier alpha value is -1.00. The van der Waals surface area contributed by atoms with Gasteiger partial charge in [0.1, 0.15) is 0 Å². The summed E-state index contributed by atoms with van der Waals surface area (Å²) in [4.78, 5) is 2.04. The average molecular weight is 227 g/mol. The topological polar surface area (TPSA) is 23.5 Å². The Morgan fingerprint density at radius 1 is 1.38 bits per heavy atom.